The quantitative estimate of drug-likeness (QED) is 0.812. The van der Waals surface area contributed by atoms with E-state index in [1.807, 2.05) is 0 Å². The highest BCUT2D eigenvalue weighted by Crippen LogP contribution is 2.29. The minimum Gasteiger partial charge on any atom is -0.379 e. The average molecular weight is 247 g/mol. The Morgan fingerprint density at radius 2 is 1.61 bits per heavy atom. The van der Waals surface area contributed by atoms with Crippen molar-refractivity contribution in [2.75, 3.05) is 26.3 Å². The number of hydrogen-bond acceptors (Lipinski definition) is 2. The number of nitrogens with zero attached hydrogens (tertiary/aromatic N) is 1. The number of rotatable bonds is 3. The Bertz CT molecular complexity index is 375. The van der Waals surface area contributed by atoms with E-state index in [0.717, 1.165) is 26.3 Å². The van der Waals surface area contributed by atoms with Gasteiger partial charge in [-0.3, -0.25) is 4.90 Å². The smallest absolute Gasteiger partial charge is 0.0594 e. The van der Waals surface area contributed by atoms with Gasteiger partial charge in [0.15, 0.2) is 0 Å². The molecule has 2 rings (SSSR count). The van der Waals surface area contributed by atoms with Crippen LogP contribution in [-0.2, 0) is 10.3 Å². The molecule has 1 aromatic carbocycles. The standard InChI is InChI=1S/C16H25NO/c1-13(2)14-5-7-15(8-6-14)16(3,4)17-9-11-18-12-10-17/h5-8,13H,9-12H2,1-4H3. The maximum atomic E-state index is 5.44. The van der Waals surface area contributed by atoms with Crippen LogP contribution in [0, 0.1) is 0 Å². The molecule has 0 amide bonds. The summed E-state index contributed by atoms with van der Waals surface area (Å²) in [5.74, 6) is 0.602. The Balaban J connectivity index is 2.17. The molecule has 1 aliphatic heterocycles. The summed E-state index contributed by atoms with van der Waals surface area (Å²) in [6.45, 7) is 12.9. The van der Waals surface area contributed by atoms with E-state index in [-0.39, 0.29) is 5.54 Å². The van der Waals surface area contributed by atoms with Gasteiger partial charge in [0, 0.05) is 18.6 Å². The van der Waals surface area contributed by atoms with Crippen molar-refractivity contribution >= 4 is 0 Å². The van der Waals surface area contributed by atoms with Crippen molar-refractivity contribution in [1.82, 2.24) is 4.90 Å². The first kappa shape index (κ1) is 13.6. The van der Waals surface area contributed by atoms with Crippen LogP contribution >= 0.6 is 0 Å². The fraction of sp³-hybridized carbons (Fsp3) is 0.625. The van der Waals surface area contributed by atoms with Gasteiger partial charge in [-0.2, -0.15) is 0 Å². The molecule has 1 aromatic rings. The highest BCUT2D eigenvalue weighted by Gasteiger charge is 2.29. The number of benzene rings is 1. The summed E-state index contributed by atoms with van der Waals surface area (Å²) in [5, 5.41) is 0. The highest BCUT2D eigenvalue weighted by molar-refractivity contribution is 5.29. The molecular formula is C16H25NO. The topological polar surface area (TPSA) is 12.5 Å². The SMILES string of the molecule is CC(C)c1ccc(C(C)(C)N2CCOCC2)cc1. The van der Waals surface area contributed by atoms with Crippen molar-refractivity contribution in [3.8, 4) is 0 Å². The largest absolute Gasteiger partial charge is 0.379 e. The van der Waals surface area contributed by atoms with Crippen LogP contribution in [0.25, 0.3) is 0 Å². The summed E-state index contributed by atoms with van der Waals surface area (Å²) in [6, 6.07) is 9.10. The summed E-state index contributed by atoms with van der Waals surface area (Å²) in [4.78, 5) is 2.51. The molecule has 1 heterocycles. The van der Waals surface area contributed by atoms with Gasteiger partial charge >= 0.3 is 0 Å². The van der Waals surface area contributed by atoms with E-state index in [1.54, 1.807) is 0 Å². The molecule has 0 N–H and O–H groups in total. The van der Waals surface area contributed by atoms with Crippen LogP contribution in [0.1, 0.15) is 44.7 Å². The van der Waals surface area contributed by atoms with Crippen LogP contribution in [0.3, 0.4) is 0 Å². The van der Waals surface area contributed by atoms with Crippen LogP contribution in [0.2, 0.25) is 0 Å². The molecule has 100 valence electrons. The molecule has 0 unspecified atom stereocenters. The van der Waals surface area contributed by atoms with Gasteiger partial charge < -0.3 is 4.74 Å². The second-order valence-corrected chi connectivity index (χ2v) is 5.94. The van der Waals surface area contributed by atoms with Crippen LogP contribution in [0.5, 0.6) is 0 Å². The van der Waals surface area contributed by atoms with E-state index in [9.17, 15) is 0 Å². The molecule has 0 radical (unpaired) electrons. The van der Waals surface area contributed by atoms with Crippen molar-refractivity contribution < 1.29 is 4.74 Å². The van der Waals surface area contributed by atoms with E-state index in [1.165, 1.54) is 11.1 Å². The van der Waals surface area contributed by atoms with Crippen molar-refractivity contribution in [2.24, 2.45) is 0 Å². The Kier molecular flexibility index (Phi) is 4.08. The fourth-order valence-corrected chi connectivity index (χ4v) is 2.58. The second-order valence-electron chi connectivity index (χ2n) is 5.94. The van der Waals surface area contributed by atoms with E-state index < -0.39 is 0 Å². The zero-order chi connectivity index (χ0) is 13.2. The first-order chi connectivity index (χ1) is 8.51. The minimum atomic E-state index is 0.0965. The lowest BCUT2D eigenvalue weighted by Crippen LogP contribution is -2.47. The molecule has 0 saturated carbocycles. The lowest BCUT2D eigenvalue weighted by molar-refractivity contribution is -0.0118. The number of ether oxygens (including phenoxy) is 1. The molecule has 1 aliphatic rings. The van der Waals surface area contributed by atoms with Gasteiger partial charge in [-0.05, 0) is 30.9 Å². The third kappa shape index (κ3) is 2.76. The van der Waals surface area contributed by atoms with Gasteiger partial charge in [0.2, 0.25) is 0 Å². The van der Waals surface area contributed by atoms with Crippen LogP contribution in [0.15, 0.2) is 24.3 Å². The summed E-state index contributed by atoms with van der Waals surface area (Å²) in [6.07, 6.45) is 0. The lowest BCUT2D eigenvalue weighted by Gasteiger charge is -2.41. The Hall–Kier alpha value is -0.860. The van der Waals surface area contributed by atoms with Gasteiger partial charge in [-0.15, -0.1) is 0 Å². The highest BCUT2D eigenvalue weighted by atomic mass is 16.5. The first-order valence-corrected chi connectivity index (χ1v) is 6.95. The number of morpholine rings is 1. The van der Waals surface area contributed by atoms with Crippen molar-refractivity contribution in [3.05, 3.63) is 35.4 Å². The van der Waals surface area contributed by atoms with Gasteiger partial charge in [0.05, 0.1) is 13.2 Å². The van der Waals surface area contributed by atoms with Crippen molar-refractivity contribution in [3.63, 3.8) is 0 Å². The Morgan fingerprint density at radius 3 is 2.11 bits per heavy atom. The molecule has 0 aliphatic carbocycles. The maximum absolute atomic E-state index is 5.44. The third-order valence-corrected chi connectivity index (χ3v) is 4.09. The monoisotopic (exact) mass is 247 g/mol. The normalized spacial score (nSPS) is 18.3. The van der Waals surface area contributed by atoms with E-state index in [0.29, 0.717) is 5.92 Å². The Labute approximate surface area is 111 Å². The van der Waals surface area contributed by atoms with Crippen molar-refractivity contribution in [2.45, 2.75) is 39.2 Å². The van der Waals surface area contributed by atoms with Crippen LogP contribution < -0.4 is 0 Å². The molecule has 1 fully saturated rings. The average Bonchev–Trinajstić information content (AvgIpc) is 2.40. The first-order valence-electron chi connectivity index (χ1n) is 6.95. The molecule has 2 nitrogen and oxygen atoms in total. The van der Waals surface area contributed by atoms with Gasteiger partial charge in [0.1, 0.15) is 0 Å². The zero-order valence-electron chi connectivity index (χ0n) is 12.1. The predicted molar refractivity (Wildman–Crippen MR) is 75.9 cm³/mol. The summed E-state index contributed by atoms with van der Waals surface area (Å²) in [5.41, 5.74) is 2.91. The van der Waals surface area contributed by atoms with Gasteiger partial charge in [-0.25, -0.2) is 0 Å². The van der Waals surface area contributed by atoms with Gasteiger partial charge in [-0.1, -0.05) is 38.1 Å². The molecule has 2 heteroatoms. The summed E-state index contributed by atoms with van der Waals surface area (Å²) in [7, 11) is 0. The van der Waals surface area contributed by atoms with E-state index >= 15 is 0 Å². The van der Waals surface area contributed by atoms with Crippen LogP contribution in [0.4, 0.5) is 0 Å². The van der Waals surface area contributed by atoms with E-state index in [4.69, 9.17) is 4.74 Å². The molecule has 0 atom stereocenters. The number of hydrogen-bond donors (Lipinski definition) is 0. The minimum absolute atomic E-state index is 0.0965. The molecule has 0 bridgehead atoms. The predicted octanol–water partition coefficient (Wildman–Crippen LogP) is 3.38. The molecule has 0 aromatic heterocycles. The van der Waals surface area contributed by atoms with Gasteiger partial charge in [0.25, 0.3) is 0 Å². The lowest BCUT2D eigenvalue weighted by atomic mass is 9.90. The molecule has 1 saturated heterocycles. The van der Waals surface area contributed by atoms with E-state index in [2.05, 4.69) is 56.9 Å². The van der Waals surface area contributed by atoms with Crippen molar-refractivity contribution in [1.29, 1.82) is 0 Å². The zero-order valence-corrected chi connectivity index (χ0v) is 12.1. The fourth-order valence-electron chi connectivity index (χ4n) is 2.58. The molecular weight excluding hydrogens is 222 g/mol. The maximum Gasteiger partial charge on any atom is 0.0594 e. The summed E-state index contributed by atoms with van der Waals surface area (Å²) >= 11 is 0. The third-order valence-electron chi connectivity index (χ3n) is 4.09. The summed E-state index contributed by atoms with van der Waals surface area (Å²) < 4.78 is 5.44. The van der Waals surface area contributed by atoms with Crippen LogP contribution in [-0.4, -0.2) is 31.2 Å². The molecule has 18 heavy (non-hydrogen) atoms. The molecule has 0 spiro atoms. The second kappa shape index (κ2) is 5.41. The Morgan fingerprint density at radius 1 is 1.06 bits per heavy atom.